The number of amides is 1. The van der Waals surface area contributed by atoms with Gasteiger partial charge in [-0.05, 0) is 61.8 Å². The number of nitrogens with one attached hydrogen (secondary N) is 1. The highest BCUT2D eigenvalue weighted by atomic mass is 16.4. The number of hydrogen-bond acceptors (Lipinski definition) is 3. The SMILES string of the molecule is C\C=C/C=C\C=C\NC(=O)c1cn(CCCCC)c(-c2ccc3c(c2)CCC3C(CC)C(=O)O)n1. The predicted molar refractivity (Wildman–Crippen MR) is 140 cm³/mol. The van der Waals surface area contributed by atoms with Crippen LogP contribution < -0.4 is 5.32 Å². The molecule has 186 valence electrons. The van der Waals surface area contributed by atoms with Gasteiger partial charge in [0.1, 0.15) is 11.5 Å². The molecule has 3 rings (SSSR count). The highest BCUT2D eigenvalue weighted by Crippen LogP contribution is 2.41. The van der Waals surface area contributed by atoms with Gasteiger partial charge in [0.2, 0.25) is 0 Å². The van der Waals surface area contributed by atoms with Crippen LogP contribution in [0.5, 0.6) is 0 Å². The van der Waals surface area contributed by atoms with E-state index in [1.54, 1.807) is 12.3 Å². The fourth-order valence-corrected chi connectivity index (χ4v) is 4.79. The normalized spacial score (nSPS) is 16.4. The number of imidazole rings is 1. The van der Waals surface area contributed by atoms with E-state index in [-0.39, 0.29) is 17.7 Å². The average Bonchev–Trinajstić information content (AvgIpc) is 3.46. The lowest BCUT2D eigenvalue weighted by Crippen LogP contribution is -2.19. The van der Waals surface area contributed by atoms with Crippen molar-refractivity contribution in [2.45, 2.75) is 71.8 Å². The zero-order valence-electron chi connectivity index (χ0n) is 21.0. The summed E-state index contributed by atoms with van der Waals surface area (Å²) in [6, 6.07) is 6.23. The van der Waals surface area contributed by atoms with E-state index < -0.39 is 5.97 Å². The number of carboxylic acid groups (broad SMARTS) is 1. The molecule has 6 heteroatoms. The minimum absolute atomic E-state index is 0.0563. The van der Waals surface area contributed by atoms with Crippen molar-refractivity contribution in [1.29, 1.82) is 0 Å². The van der Waals surface area contributed by atoms with Crippen molar-refractivity contribution in [3.63, 3.8) is 0 Å². The lowest BCUT2D eigenvalue weighted by Gasteiger charge is -2.19. The molecule has 0 saturated carbocycles. The lowest BCUT2D eigenvalue weighted by atomic mass is 9.85. The van der Waals surface area contributed by atoms with E-state index in [0.717, 1.165) is 55.6 Å². The number of allylic oxidation sites excluding steroid dienone is 5. The van der Waals surface area contributed by atoms with E-state index in [1.807, 2.05) is 50.4 Å². The number of hydrogen-bond donors (Lipinski definition) is 2. The van der Waals surface area contributed by atoms with Crippen molar-refractivity contribution < 1.29 is 14.7 Å². The van der Waals surface area contributed by atoms with Gasteiger partial charge in [-0.1, -0.05) is 63.1 Å². The first-order chi connectivity index (χ1) is 17.0. The van der Waals surface area contributed by atoms with Crippen LogP contribution in [0.2, 0.25) is 0 Å². The van der Waals surface area contributed by atoms with Gasteiger partial charge in [-0.15, -0.1) is 0 Å². The van der Waals surface area contributed by atoms with Gasteiger partial charge in [0.05, 0.1) is 5.92 Å². The Morgan fingerprint density at radius 3 is 2.71 bits per heavy atom. The number of aromatic nitrogens is 2. The first-order valence-corrected chi connectivity index (χ1v) is 12.7. The molecule has 0 fully saturated rings. The molecule has 6 nitrogen and oxygen atoms in total. The summed E-state index contributed by atoms with van der Waals surface area (Å²) >= 11 is 0. The number of nitrogens with zero attached hydrogens (tertiary/aromatic N) is 2. The Morgan fingerprint density at radius 2 is 2.00 bits per heavy atom. The van der Waals surface area contributed by atoms with Gasteiger partial charge in [0.15, 0.2) is 0 Å². The van der Waals surface area contributed by atoms with Crippen molar-refractivity contribution in [3.8, 4) is 11.4 Å². The Kier molecular flexibility index (Phi) is 9.65. The summed E-state index contributed by atoms with van der Waals surface area (Å²) in [4.78, 5) is 29.2. The number of unbranched alkanes of at least 4 members (excludes halogenated alkanes) is 2. The van der Waals surface area contributed by atoms with Crippen molar-refractivity contribution in [3.05, 3.63) is 77.8 Å². The van der Waals surface area contributed by atoms with Gasteiger partial charge in [0, 0.05) is 24.5 Å². The second-order valence-corrected chi connectivity index (χ2v) is 9.01. The second-order valence-electron chi connectivity index (χ2n) is 9.01. The third-order valence-electron chi connectivity index (χ3n) is 6.62. The molecule has 0 spiro atoms. The zero-order chi connectivity index (χ0) is 25.2. The summed E-state index contributed by atoms with van der Waals surface area (Å²) in [5.41, 5.74) is 3.68. The number of fused-ring (bicyclic) bond motifs is 1. The molecule has 0 radical (unpaired) electrons. The molecule has 1 amide bonds. The average molecular weight is 476 g/mol. The predicted octanol–water partition coefficient (Wildman–Crippen LogP) is 6.26. The van der Waals surface area contributed by atoms with Crippen LogP contribution in [0.25, 0.3) is 11.4 Å². The molecule has 1 aliphatic rings. The third kappa shape index (κ3) is 6.59. The van der Waals surface area contributed by atoms with Crippen LogP contribution in [-0.4, -0.2) is 26.5 Å². The molecule has 35 heavy (non-hydrogen) atoms. The first-order valence-electron chi connectivity index (χ1n) is 12.7. The minimum atomic E-state index is -0.720. The largest absolute Gasteiger partial charge is 0.481 e. The van der Waals surface area contributed by atoms with Crippen LogP contribution in [0.15, 0.2) is 61.0 Å². The minimum Gasteiger partial charge on any atom is -0.481 e. The van der Waals surface area contributed by atoms with Crippen molar-refractivity contribution >= 4 is 11.9 Å². The summed E-state index contributed by atoms with van der Waals surface area (Å²) in [6.07, 6.45) is 18.4. The highest BCUT2D eigenvalue weighted by molar-refractivity contribution is 5.93. The molecular weight excluding hydrogens is 438 g/mol. The van der Waals surface area contributed by atoms with E-state index >= 15 is 0 Å². The monoisotopic (exact) mass is 475 g/mol. The molecular formula is C29H37N3O3. The molecule has 2 N–H and O–H groups in total. The van der Waals surface area contributed by atoms with Gasteiger partial charge in [0.25, 0.3) is 5.91 Å². The van der Waals surface area contributed by atoms with Crippen molar-refractivity contribution in [2.75, 3.05) is 0 Å². The number of aliphatic carboxylic acids is 1. The maximum absolute atomic E-state index is 12.7. The number of benzene rings is 1. The summed E-state index contributed by atoms with van der Waals surface area (Å²) in [5, 5.41) is 12.4. The van der Waals surface area contributed by atoms with E-state index in [2.05, 4.69) is 28.9 Å². The van der Waals surface area contributed by atoms with E-state index in [1.165, 1.54) is 5.56 Å². The lowest BCUT2D eigenvalue weighted by molar-refractivity contribution is -0.142. The molecule has 1 heterocycles. The van der Waals surface area contributed by atoms with Crippen LogP contribution >= 0.6 is 0 Å². The van der Waals surface area contributed by atoms with Gasteiger partial charge in [-0.2, -0.15) is 0 Å². The van der Waals surface area contributed by atoms with Gasteiger partial charge in [-0.25, -0.2) is 4.98 Å². The molecule has 0 saturated heterocycles. The number of aryl methyl sites for hydroxylation is 2. The van der Waals surface area contributed by atoms with Crippen LogP contribution in [0, 0.1) is 5.92 Å². The first kappa shape index (κ1) is 26.2. The zero-order valence-corrected chi connectivity index (χ0v) is 21.0. The van der Waals surface area contributed by atoms with Crippen molar-refractivity contribution in [2.24, 2.45) is 5.92 Å². The van der Waals surface area contributed by atoms with E-state index in [4.69, 9.17) is 4.98 Å². The van der Waals surface area contributed by atoms with Gasteiger partial charge in [-0.3, -0.25) is 9.59 Å². The number of carboxylic acids is 1. The molecule has 1 aromatic heterocycles. The molecule has 0 aliphatic heterocycles. The maximum Gasteiger partial charge on any atom is 0.307 e. The summed E-state index contributed by atoms with van der Waals surface area (Å²) < 4.78 is 2.07. The fraction of sp³-hybridized carbons (Fsp3) is 0.414. The summed E-state index contributed by atoms with van der Waals surface area (Å²) in [7, 11) is 0. The molecule has 1 aliphatic carbocycles. The van der Waals surface area contributed by atoms with Crippen LogP contribution in [0.4, 0.5) is 0 Å². The number of carbonyl (C=O) groups excluding carboxylic acids is 1. The van der Waals surface area contributed by atoms with Gasteiger partial charge >= 0.3 is 5.97 Å². The Hall–Kier alpha value is -3.41. The van der Waals surface area contributed by atoms with E-state index in [0.29, 0.717) is 12.1 Å². The Bertz CT molecular complexity index is 1110. The highest BCUT2D eigenvalue weighted by Gasteiger charge is 2.33. The Labute approximate surface area is 208 Å². The molecule has 2 unspecified atom stereocenters. The molecule has 2 aromatic rings. The molecule has 0 bridgehead atoms. The Morgan fingerprint density at radius 1 is 1.20 bits per heavy atom. The fourth-order valence-electron chi connectivity index (χ4n) is 4.79. The standard InChI is InChI=1S/C29H37N3O3/c1-4-7-9-10-11-17-30-28(33)26-20-32(18-12-8-5-2)27(31-26)22-14-15-24-21(19-22)13-16-25(24)23(6-3)29(34)35/h4,7,9-11,14-15,17,19-20,23,25H,5-6,8,12-13,16,18H2,1-3H3,(H,30,33)(H,34,35)/b7-4-,10-9-,17-11+. The second kappa shape index (κ2) is 12.9. The van der Waals surface area contributed by atoms with Crippen LogP contribution in [-0.2, 0) is 17.8 Å². The summed E-state index contributed by atoms with van der Waals surface area (Å²) in [5.74, 6) is -0.484. The number of carbonyl (C=O) groups is 2. The van der Waals surface area contributed by atoms with Crippen molar-refractivity contribution in [1.82, 2.24) is 14.9 Å². The van der Waals surface area contributed by atoms with Gasteiger partial charge < -0.3 is 15.0 Å². The maximum atomic E-state index is 12.7. The smallest absolute Gasteiger partial charge is 0.307 e. The molecule has 2 atom stereocenters. The molecule has 1 aromatic carbocycles. The quantitative estimate of drug-likeness (QED) is 0.280. The van der Waals surface area contributed by atoms with Crippen LogP contribution in [0.1, 0.15) is 80.4 Å². The van der Waals surface area contributed by atoms with E-state index in [9.17, 15) is 14.7 Å². The summed E-state index contributed by atoms with van der Waals surface area (Å²) in [6.45, 7) is 6.85. The third-order valence-corrected chi connectivity index (χ3v) is 6.62. The number of rotatable bonds is 12. The van der Waals surface area contributed by atoms with Crippen LogP contribution in [0.3, 0.4) is 0 Å². The Balaban J connectivity index is 1.85. The topological polar surface area (TPSA) is 84.2 Å².